The van der Waals surface area contributed by atoms with Crippen LogP contribution in [0.5, 0.6) is 0 Å². The molecule has 4 rings (SSSR count). The Balaban J connectivity index is 1.23. The number of nitrogens with one attached hydrogen (secondary N) is 2. The summed E-state index contributed by atoms with van der Waals surface area (Å²) in [6.45, 7) is 6.47. The Bertz CT molecular complexity index is 859. The molecule has 0 saturated carbocycles. The minimum Gasteiger partial charge on any atom is -0.328 e. The van der Waals surface area contributed by atoms with Crippen molar-refractivity contribution in [3.63, 3.8) is 0 Å². The van der Waals surface area contributed by atoms with Gasteiger partial charge in [-0.2, -0.15) is 0 Å². The fourth-order valence-electron chi connectivity index (χ4n) is 4.34. The van der Waals surface area contributed by atoms with Crippen LogP contribution in [0.3, 0.4) is 0 Å². The summed E-state index contributed by atoms with van der Waals surface area (Å²) in [5, 5.41) is 0. The SMILES string of the molecule is O=C(C[NH+]1CC=C(c2ccccc2)CC1)N1CC[NH+](Cc2ccccc2F)CC1. The Morgan fingerprint density at radius 3 is 2.34 bits per heavy atom. The minimum atomic E-state index is -0.130. The van der Waals surface area contributed by atoms with E-state index in [1.807, 2.05) is 23.1 Å². The molecule has 1 saturated heterocycles. The molecular formula is C24H30FN3O+2. The quantitative estimate of drug-likeness (QED) is 0.755. The molecule has 0 aliphatic carbocycles. The lowest BCUT2D eigenvalue weighted by Gasteiger charge is -2.33. The highest BCUT2D eigenvalue weighted by Gasteiger charge is 2.27. The summed E-state index contributed by atoms with van der Waals surface area (Å²) < 4.78 is 13.9. The van der Waals surface area contributed by atoms with Crippen molar-refractivity contribution in [1.29, 1.82) is 0 Å². The molecule has 1 unspecified atom stereocenters. The average molecular weight is 396 g/mol. The third kappa shape index (κ3) is 5.11. The maximum atomic E-state index is 13.9. The lowest BCUT2D eigenvalue weighted by atomic mass is 9.99. The van der Waals surface area contributed by atoms with Crippen molar-refractivity contribution in [2.45, 2.75) is 13.0 Å². The molecule has 5 heteroatoms. The normalized spacial score (nSPS) is 20.4. The molecule has 2 aliphatic rings. The molecule has 2 aromatic carbocycles. The number of piperazine rings is 1. The first-order valence-corrected chi connectivity index (χ1v) is 10.6. The highest BCUT2D eigenvalue weighted by molar-refractivity contribution is 5.77. The Kier molecular flexibility index (Phi) is 6.37. The predicted octanol–water partition coefficient (Wildman–Crippen LogP) is 0.425. The molecule has 1 atom stereocenters. The van der Waals surface area contributed by atoms with Crippen LogP contribution in [0, 0.1) is 5.82 Å². The highest BCUT2D eigenvalue weighted by atomic mass is 19.1. The second-order valence-corrected chi connectivity index (χ2v) is 8.13. The fraction of sp³-hybridized carbons (Fsp3) is 0.375. The summed E-state index contributed by atoms with van der Waals surface area (Å²) in [4.78, 5) is 17.4. The Morgan fingerprint density at radius 2 is 1.66 bits per heavy atom. The van der Waals surface area contributed by atoms with Gasteiger partial charge in [-0.1, -0.05) is 48.5 Å². The van der Waals surface area contributed by atoms with E-state index in [4.69, 9.17) is 0 Å². The van der Waals surface area contributed by atoms with Gasteiger partial charge in [-0.25, -0.2) is 4.39 Å². The van der Waals surface area contributed by atoms with Crippen molar-refractivity contribution >= 4 is 11.5 Å². The van der Waals surface area contributed by atoms with E-state index in [2.05, 4.69) is 30.3 Å². The van der Waals surface area contributed by atoms with Gasteiger partial charge in [-0.15, -0.1) is 0 Å². The molecule has 0 spiro atoms. The van der Waals surface area contributed by atoms with Crippen molar-refractivity contribution in [2.75, 3.05) is 45.8 Å². The first kappa shape index (κ1) is 19.8. The van der Waals surface area contributed by atoms with Gasteiger partial charge in [-0.05, 0) is 23.3 Å². The van der Waals surface area contributed by atoms with E-state index in [9.17, 15) is 9.18 Å². The number of carbonyl (C=O) groups is 1. The molecule has 0 bridgehead atoms. The molecule has 1 fully saturated rings. The van der Waals surface area contributed by atoms with Crippen molar-refractivity contribution in [3.8, 4) is 0 Å². The maximum absolute atomic E-state index is 13.9. The van der Waals surface area contributed by atoms with Gasteiger partial charge >= 0.3 is 0 Å². The molecule has 152 valence electrons. The monoisotopic (exact) mass is 395 g/mol. The maximum Gasteiger partial charge on any atom is 0.278 e. The van der Waals surface area contributed by atoms with Crippen LogP contribution in [-0.4, -0.2) is 56.6 Å². The zero-order chi connectivity index (χ0) is 20.1. The standard InChI is InChI=1S/C24H28FN3O/c25-23-9-5-4-8-22(23)18-27-14-16-28(17-15-27)24(29)19-26-12-10-21(11-13-26)20-6-2-1-3-7-20/h1-10H,11-19H2/p+2. The van der Waals surface area contributed by atoms with E-state index in [1.54, 1.807) is 6.07 Å². The van der Waals surface area contributed by atoms with Gasteiger partial charge in [0, 0.05) is 12.0 Å². The number of quaternary nitrogens is 2. The fourth-order valence-corrected chi connectivity index (χ4v) is 4.34. The molecule has 29 heavy (non-hydrogen) atoms. The average Bonchev–Trinajstić information content (AvgIpc) is 2.77. The number of hydrogen-bond donors (Lipinski definition) is 2. The number of hydrogen-bond acceptors (Lipinski definition) is 1. The Hall–Kier alpha value is -2.50. The lowest BCUT2D eigenvalue weighted by Crippen LogP contribution is -3.15. The zero-order valence-electron chi connectivity index (χ0n) is 16.9. The van der Waals surface area contributed by atoms with Gasteiger partial charge in [0.05, 0.1) is 39.3 Å². The summed E-state index contributed by atoms with van der Waals surface area (Å²) in [6, 6.07) is 17.5. The van der Waals surface area contributed by atoms with Crippen molar-refractivity contribution in [1.82, 2.24) is 4.90 Å². The number of rotatable bonds is 5. The molecule has 1 amide bonds. The van der Waals surface area contributed by atoms with E-state index < -0.39 is 0 Å². The summed E-state index contributed by atoms with van der Waals surface area (Å²) in [5.41, 5.74) is 3.46. The minimum absolute atomic E-state index is 0.130. The second-order valence-electron chi connectivity index (χ2n) is 8.13. The van der Waals surface area contributed by atoms with Crippen LogP contribution in [0.15, 0.2) is 60.7 Å². The first-order valence-electron chi connectivity index (χ1n) is 10.6. The number of nitrogens with zero attached hydrogens (tertiary/aromatic N) is 1. The summed E-state index contributed by atoms with van der Waals surface area (Å²) >= 11 is 0. The Labute approximate surface area is 172 Å². The van der Waals surface area contributed by atoms with Crippen LogP contribution in [0.2, 0.25) is 0 Å². The van der Waals surface area contributed by atoms with E-state index in [-0.39, 0.29) is 11.7 Å². The Morgan fingerprint density at radius 1 is 0.931 bits per heavy atom. The van der Waals surface area contributed by atoms with E-state index in [0.717, 1.165) is 51.3 Å². The van der Waals surface area contributed by atoms with Crippen molar-refractivity contribution < 1.29 is 19.0 Å². The number of halogens is 1. The predicted molar refractivity (Wildman–Crippen MR) is 112 cm³/mol. The van der Waals surface area contributed by atoms with Gasteiger partial charge in [0.15, 0.2) is 6.54 Å². The lowest BCUT2D eigenvalue weighted by molar-refractivity contribution is -0.918. The van der Waals surface area contributed by atoms with Crippen LogP contribution >= 0.6 is 0 Å². The third-order valence-corrected chi connectivity index (χ3v) is 6.15. The van der Waals surface area contributed by atoms with Crippen LogP contribution in [-0.2, 0) is 11.3 Å². The number of amides is 1. The second kappa shape index (κ2) is 9.33. The first-order chi connectivity index (χ1) is 14.2. The molecule has 4 nitrogen and oxygen atoms in total. The van der Waals surface area contributed by atoms with Crippen LogP contribution in [0.4, 0.5) is 4.39 Å². The summed E-state index contributed by atoms with van der Waals surface area (Å²) in [6.07, 6.45) is 3.31. The van der Waals surface area contributed by atoms with Gasteiger partial charge in [0.1, 0.15) is 12.4 Å². The molecule has 2 heterocycles. The van der Waals surface area contributed by atoms with Crippen molar-refractivity contribution in [2.24, 2.45) is 0 Å². The van der Waals surface area contributed by atoms with Gasteiger partial charge in [0.2, 0.25) is 0 Å². The largest absolute Gasteiger partial charge is 0.328 e. The third-order valence-electron chi connectivity index (χ3n) is 6.15. The van der Waals surface area contributed by atoms with E-state index >= 15 is 0 Å². The van der Waals surface area contributed by atoms with E-state index in [1.165, 1.54) is 27.0 Å². The molecule has 0 aromatic heterocycles. The molecular weight excluding hydrogens is 365 g/mol. The molecule has 2 N–H and O–H groups in total. The molecule has 0 radical (unpaired) electrons. The zero-order valence-corrected chi connectivity index (χ0v) is 16.9. The van der Waals surface area contributed by atoms with Crippen LogP contribution in [0.25, 0.3) is 5.57 Å². The smallest absolute Gasteiger partial charge is 0.278 e. The highest BCUT2D eigenvalue weighted by Crippen LogP contribution is 2.17. The summed E-state index contributed by atoms with van der Waals surface area (Å²) in [7, 11) is 0. The number of carbonyl (C=O) groups excluding carboxylic acids is 1. The van der Waals surface area contributed by atoms with Gasteiger partial charge < -0.3 is 14.7 Å². The van der Waals surface area contributed by atoms with E-state index in [0.29, 0.717) is 13.1 Å². The van der Waals surface area contributed by atoms with Gasteiger partial charge in [-0.3, -0.25) is 4.79 Å². The summed E-state index contributed by atoms with van der Waals surface area (Å²) in [5.74, 6) is 0.122. The van der Waals surface area contributed by atoms with Crippen molar-refractivity contribution in [3.05, 3.63) is 77.6 Å². The number of benzene rings is 2. The van der Waals surface area contributed by atoms with Gasteiger partial charge in [0.25, 0.3) is 5.91 Å². The topological polar surface area (TPSA) is 29.2 Å². The van der Waals surface area contributed by atoms with Crippen LogP contribution < -0.4 is 9.80 Å². The molecule has 2 aliphatic heterocycles. The molecule has 2 aromatic rings. The van der Waals surface area contributed by atoms with Crippen LogP contribution in [0.1, 0.15) is 17.5 Å².